The molecule has 0 aliphatic heterocycles. The molecule has 0 saturated carbocycles. The van der Waals surface area contributed by atoms with Gasteiger partial charge in [-0.3, -0.25) is 4.90 Å². The lowest BCUT2D eigenvalue weighted by atomic mass is 9.80. The molecule has 1 N–H and O–H groups in total. The van der Waals surface area contributed by atoms with E-state index in [1.807, 2.05) is 66.7 Å². The zero-order valence-corrected chi connectivity index (χ0v) is 17.0. The molecule has 3 aromatic carbocycles. The molecular weight excluding hydrogens is 374 g/mol. The highest BCUT2D eigenvalue weighted by molar-refractivity contribution is 5.95. The minimum atomic E-state index is -1.01. The summed E-state index contributed by atoms with van der Waals surface area (Å²) in [6.07, 6.45) is 1.75. The van der Waals surface area contributed by atoms with E-state index >= 15 is 0 Å². The molecule has 0 aliphatic carbocycles. The van der Waals surface area contributed by atoms with Crippen molar-refractivity contribution in [1.29, 1.82) is 5.26 Å². The molecule has 5 heteroatoms. The summed E-state index contributed by atoms with van der Waals surface area (Å²) in [5.41, 5.74) is 1.87. The summed E-state index contributed by atoms with van der Waals surface area (Å²) >= 11 is 0. The molecule has 30 heavy (non-hydrogen) atoms. The number of anilines is 1. The number of hydrogen-bond acceptors (Lipinski definition) is 3. The summed E-state index contributed by atoms with van der Waals surface area (Å²) in [5.74, 6) is 0.692. The molecule has 5 nitrogen and oxygen atoms in total. The number of nitrogens with one attached hydrogen (secondary N) is 1. The Kier molecular flexibility index (Phi) is 6.19. The SMILES string of the molecule is C=CC(c1ccccc1)(c1ccc(C#N)cc1)N(C(=O)NC)c1ccc(OC)cc1. The molecule has 0 radical (unpaired) electrons. The molecule has 3 rings (SSSR count). The molecule has 0 fully saturated rings. The van der Waals surface area contributed by atoms with Crippen molar-refractivity contribution in [3.8, 4) is 11.8 Å². The van der Waals surface area contributed by atoms with Crippen molar-refractivity contribution < 1.29 is 9.53 Å². The van der Waals surface area contributed by atoms with E-state index in [-0.39, 0.29) is 6.03 Å². The van der Waals surface area contributed by atoms with Gasteiger partial charge < -0.3 is 10.1 Å². The molecule has 150 valence electrons. The highest BCUT2D eigenvalue weighted by Crippen LogP contribution is 2.41. The number of amides is 2. The van der Waals surface area contributed by atoms with Crippen LogP contribution in [0.3, 0.4) is 0 Å². The average Bonchev–Trinajstić information content (AvgIpc) is 2.83. The highest BCUT2D eigenvalue weighted by atomic mass is 16.5. The third kappa shape index (κ3) is 3.63. The lowest BCUT2D eigenvalue weighted by molar-refractivity contribution is 0.244. The second kappa shape index (κ2) is 8.97. The van der Waals surface area contributed by atoms with Crippen LogP contribution in [0.2, 0.25) is 0 Å². The molecular formula is C25H23N3O2. The van der Waals surface area contributed by atoms with Crippen molar-refractivity contribution in [2.24, 2.45) is 0 Å². The maximum Gasteiger partial charge on any atom is 0.322 e. The van der Waals surface area contributed by atoms with E-state index in [0.29, 0.717) is 17.0 Å². The van der Waals surface area contributed by atoms with Gasteiger partial charge in [-0.05, 0) is 47.5 Å². The summed E-state index contributed by atoms with van der Waals surface area (Å²) in [5, 5.41) is 12.0. The van der Waals surface area contributed by atoms with Crippen LogP contribution in [0.25, 0.3) is 0 Å². The second-order valence-electron chi connectivity index (χ2n) is 6.61. The van der Waals surface area contributed by atoms with Gasteiger partial charge in [0.25, 0.3) is 0 Å². The molecule has 0 saturated heterocycles. The Balaban J connectivity index is 2.32. The summed E-state index contributed by atoms with van der Waals surface area (Å²) in [6.45, 7) is 4.11. The topological polar surface area (TPSA) is 65.4 Å². The van der Waals surface area contributed by atoms with Gasteiger partial charge in [0.15, 0.2) is 0 Å². The van der Waals surface area contributed by atoms with Gasteiger partial charge in [-0.1, -0.05) is 48.5 Å². The average molecular weight is 397 g/mol. The maximum atomic E-state index is 13.2. The summed E-state index contributed by atoms with van der Waals surface area (Å²) in [6, 6.07) is 26.0. The number of methoxy groups -OCH3 is 1. The van der Waals surface area contributed by atoms with Gasteiger partial charge >= 0.3 is 6.03 Å². The fourth-order valence-corrected chi connectivity index (χ4v) is 3.57. The Bertz CT molecular complexity index is 1050. The van der Waals surface area contributed by atoms with E-state index < -0.39 is 5.54 Å². The van der Waals surface area contributed by atoms with Crippen LogP contribution in [0.1, 0.15) is 16.7 Å². The highest BCUT2D eigenvalue weighted by Gasteiger charge is 2.41. The van der Waals surface area contributed by atoms with E-state index in [1.54, 1.807) is 37.3 Å². The number of nitrogens with zero attached hydrogens (tertiary/aromatic N) is 2. The standard InChI is InChI=1S/C25H23N3O2/c1-4-25(20-8-6-5-7-9-20,21-12-10-19(18-26)11-13-21)28(24(29)27-2)22-14-16-23(30-3)17-15-22/h4-17H,1H2,2-3H3,(H,27,29). The number of hydrogen-bond donors (Lipinski definition) is 1. The van der Waals surface area contributed by atoms with Gasteiger partial charge in [-0.15, -0.1) is 6.58 Å². The first kappa shape index (κ1) is 20.7. The zero-order valence-electron chi connectivity index (χ0n) is 17.0. The largest absolute Gasteiger partial charge is 0.497 e. The van der Waals surface area contributed by atoms with Crippen molar-refractivity contribution >= 4 is 11.7 Å². The Labute approximate surface area is 176 Å². The predicted octanol–water partition coefficient (Wildman–Crippen LogP) is 4.84. The van der Waals surface area contributed by atoms with Crippen LogP contribution in [0.15, 0.2) is 91.5 Å². The number of carbonyl (C=O) groups is 1. The van der Waals surface area contributed by atoms with Crippen molar-refractivity contribution in [2.45, 2.75) is 5.54 Å². The van der Waals surface area contributed by atoms with Gasteiger partial charge in [-0.25, -0.2) is 4.79 Å². The molecule has 0 spiro atoms. The normalized spacial score (nSPS) is 12.2. The fraction of sp³-hybridized carbons (Fsp3) is 0.120. The van der Waals surface area contributed by atoms with E-state index in [9.17, 15) is 10.1 Å². The second-order valence-corrected chi connectivity index (χ2v) is 6.61. The Morgan fingerprint density at radius 1 is 1.03 bits per heavy atom. The number of rotatable bonds is 6. The van der Waals surface area contributed by atoms with Crippen molar-refractivity contribution in [3.05, 3.63) is 108 Å². The Morgan fingerprint density at radius 3 is 2.13 bits per heavy atom. The lowest BCUT2D eigenvalue weighted by Crippen LogP contribution is -2.52. The van der Waals surface area contributed by atoms with Crippen LogP contribution in [-0.4, -0.2) is 20.2 Å². The molecule has 1 unspecified atom stereocenters. The van der Waals surface area contributed by atoms with E-state index in [4.69, 9.17) is 4.74 Å². The van der Waals surface area contributed by atoms with Crippen LogP contribution < -0.4 is 15.0 Å². The Morgan fingerprint density at radius 2 is 1.63 bits per heavy atom. The van der Waals surface area contributed by atoms with Gasteiger partial charge in [0.05, 0.1) is 18.7 Å². The Hall–Kier alpha value is -4.04. The number of nitriles is 1. The van der Waals surface area contributed by atoms with Crippen LogP contribution >= 0.6 is 0 Å². The predicted molar refractivity (Wildman–Crippen MR) is 119 cm³/mol. The minimum Gasteiger partial charge on any atom is -0.497 e. The van der Waals surface area contributed by atoms with E-state index in [2.05, 4.69) is 18.0 Å². The summed E-state index contributed by atoms with van der Waals surface area (Å²) < 4.78 is 5.27. The number of benzene rings is 3. The maximum absolute atomic E-state index is 13.2. The molecule has 0 bridgehead atoms. The van der Waals surface area contributed by atoms with Gasteiger partial charge in [0, 0.05) is 12.7 Å². The first-order valence-electron chi connectivity index (χ1n) is 9.46. The third-order valence-corrected chi connectivity index (χ3v) is 5.06. The van der Waals surface area contributed by atoms with Crippen molar-refractivity contribution in [1.82, 2.24) is 5.32 Å². The third-order valence-electron chi connectivity index (χ3n) is 5.06. The zero-order chi connectivity index (χ0) is 21.6. The fourth-order valence-electron chi connectivity index (χ4n) is 3.57. The molecule has 0 aliphatic rings. The monoisotopic (exact) mass is 397 g/mol. The summed E-state index contributed by atoms with van der Waals surface area (Å²) in [4.78, 5) is 14.9. The van der Waals surface area contributed by atoms with Crippen LogP contribution in [0.5, 0.6) is 5.75 Å². The van der Waals surface area contributed by atoms with E-state index in [1.165, 1.54) is 0 Å². The minimum absolute atomic E-state index is 0.298. The van der Waals surface area contributed by atoms with Gasteiger partial charge in [-0.2, -0.15) is 5.26 Å². The van der Waals surface area contributed by atoms with Crippen molar-refractivity contribution in [2.75, 3.05) is 19.1 Å². The van der Waals surface area contributed by atoms with Crippen LogP contribution in [0, 0.1) is 11.3 Å². The van der Waals surface area contributed by atoms with Crippen molar-refractivity contribution in [3.63, 3.8) is 0 Å². The molecule has 3 aromatic rings. The molecule has 0 heterocycles. The lowest BCUT2D eigenvalue weighted by Gasteiger charge is -2.42. The number of ether oxygens (including phenoxy) is 1. The quantitative estimate of drug-likeness (QED) is 0.605. The van der Waals surface area contributed by atoms with Gasteiger partial charge in [0.1, 0.15) is 11.3 Å². The van der Waals surface area contributed by atoms with Crippen LogP contribution in [0.4, 0.5) is 10.5 Å². The van der Waals surface area contributed by atoms with Gasteiger partial charge in [0.2, 0.25) is 0 Å². The smallest absolute Gasteiger partial charge is 0.322 e. The first-order valence-corrected chi connectivity index (χ1v) is 9.46. The number of urea groups is 1. The molecule has 1 atom stereocenters. The summed E-state index contributed by atoms with van der Waals surface area (Å²) in [7, 11) is 3.19. The molecule has 2 amide bonds. The number of carbonyl (C=O) groups excluding carboxylic acids is 1. The molecule has 0 aromatic heterocycles. The van der Waals surface area contributed by atoms with Crippen LogP contribution in [-0.2, 0) is 5.54 Å². The first-order chi connectivity index (χ1) is 14.6. The van der Waals surface area contributed by atoms with E-state index in [0.717, 1.165) is 11.1 Å².